The van der Waals surface area contributed by atoms with Crippen LogP contribution in [0.5, 0.6) is 5.75 Å². The normalized spacial score (nSPS) is 20.1. The van der Waals surface area contributed by atoms with E-state index in [1.807, 2.05) is 0 Å². The lowest BCUT2D eigenvalue weighted by molar-refractivity contribution is 0.176. The van der Waals surface area contributed by atoms with Crippen LogP contribution >= 0.6 is 0 Å². The Bertz CT molecular complexity index is 439. The van der Waals surface area contributed by atoms with Gasteiger partial charge in [-0.05, 0) is 50.4 Å². The number of hydrogen-bond acceptors (Lipinski definition) is 3. The number of nitrogens with one attached hydrogen (secondary N) is 1. The van der Waals surface area contributed by atoms with Crippen molar-refractivity contribution < 1.29 is 9.47 Å². The van der Waals surface area contributed by atoms with Crippen molar-refractivity contribution in [2.24, 2.45) is 5.92 Å². The summed E-state index contributed by atoms with van der Waals surface area (Å²) in [6.07, 6.45) is 2.26. The van der Waals surface area contributed by atoms with Gasteiger partial charge in [0, 0.05) is 24.1 Å². The maximum absolute atomic E-state index is 5.65. The zero-order valence-electron chi connectivity index (χ0n) is 13.2. The number of aryl methyl sites for hydroxylation is 2. The standard InChI is InChI=1S/C17H27NO2/c1-5-7-18-17(14-6-8-20-11-14)16-13(3)9-12(2)10-15(16)19-4/h9-10,14,17-18H,5-8,11H2,1-4H3. The highest BCUT2D eigenvalue weighted by Crippen LogP contribution is 2.37. The summed E-state index contributed by atoms with van der Waals surface area (Å²) >= 11 is 0. The Morgan fingerprint density at radius 3 is 2.80 bits per heavy atom. The molecule has 1 N–H and O–H groups in total. The molecule has 3 heteroatoms. The van der Waals surface area contributed by atoms with Crippen LogP contribution in [0.1, 0.15) is 42.5 Å². The zero-order chi connectivity index (χ0) is 14.5. The summed E-state index contributed by atoms with van der Waals surface area (Å²) in [6.45, 7) is 9.25. The van der Waals surface area contributed by atoms with E-state index in [1.165, 1.54) is 16.7 Å². The summed E-state index contributed by atoms with van der Waals surface area (Å²) in [7, 11) is 1.76. The van der Waals surface area contributed by atoms with Crippen LogP contribution in [-0.4, -0.2) is 26.9 Å². The van der Waals surface area contributed by atoms with E-state index in [2.05, 4.69) is 38.2 Å². The molecule has 0 spiro atoms. The number of methoxy groups -OCH3 is 1. The molecule has 2 unspecified atom stereocenters. The Hall–Kier alpha value is -1.06. The van der Waals surface area contributed by atoms with E-state index in [0.29, 0.717) is 12.0 Å². The van der Waals surface area contributed by atoms with Gasteiger partial charge in [0.05, 0.1) is 13.7 Å². The molecule has 1 fully saturated rings. The van der Waals surface area contributed by atoms with Gasteiger partial charge in [0.15, 0.2) is 0 Å². The summed E-state index contributed by atoms with van der Waals surface area (Å²) in [5.41, 5.74) is 3.87. The average molecular weight is 277 g/mol. The molecule has 2 atom stereocenters. The van der Waals surface area contributed by atoms with Gasteiger partial charge in [0.1, 0.15) is 5.75 Å². The third kappa shape index (κ3) is 3.33. The SMILES string of the molecule is CCCNC(c1c(C)cc(C)cc1OC)C1CCOC1. The molecule has 3 nitrogen and oxygen atoms in total. The minimum absolute atomic E-state index is 0.327. The minimum Gasteiger partial charge on any atom is -0.496 e. The van der Waals surface area contributed by atoms with Gasteiger partial charge in [-0.2, -0.15) is 0 Å². The summed E-state index contributed by atoms with van der Waals surface area (Å²) < 4.78 is 11.2. The average Bonchev–Trinajstić information content (AvgIpc) is 2.94. The van der Waals surface area contributed by atoms with Crippen LogP contribution in [0.4, 0.5) is 0 Å². The first-order chi connectivity index (χ1) is 9.67. The van der Waals surface area contributed by atoms with Gasteiger partial charge >= 0.3 is 0 Å². The molecule has 0 amide bonds. The molecule has 112 valence electrons. The molecule has 1 aliphatic rings. The molecule has 1 aromatic rings. The van der Waals surface area contributed by atoms with E-state index in [9.17, 15) is 0 Å². The maximum Gasteiger partial charge on any atom is 0.124 e. The summed E-state index contributed by atoms with van der Waals surface area (Å²) in [4.78, 5) is 0. The van der Waals surface area contributed by atoms with E-state index < -0.39 is 0 Å². The van der Waals surface area contributed by atoms with Crippen molar-refractivity contribution in [2.45, 2.75) is 39.7 Å². The largest absolute Gasteiger partial charge is 0.496 e. The molecule has 1 heterocycles. The molecular formula is C17H27NO2. The number of benzene rings is 1. The van der Waals surface area contributed by atoms with Crippen LogP contribution in [0.3, 0.4) is 0 Å². The Balaban J connectivity index is 2.36. The van der Waals surface area contributed by atoms with Gasteiger partial charge in [-0.3, -0.25) is 0 Å². The first kappa shape index (κ1) is 15.3. The molecule has 2 rings (SSSR count). The van der Waals surface area contributed by atoms with Gasteiger partial charge in [0.25, 0.3) is 0 Å². The molecule has 0 aromatic heterocycles. The van der Waals surface area contributed by atoms with Crippen molar-refractivity contribution in [3.05, 3.63) is 28.8 Å². The molecule has 0 bridgehead atoms. The minimum atomic E-state index is 0.327. The van der Waals surface area contributed by atoms with Crippen LogP contribution in [0, 0.1) is 19.8 Å². The van der Waals surface area contributed by atoms with Gasteiger partial charge in [0.2, 0.25) is 0 Å². The second-order valence-electron chi connectivity index (χ2n) is 5.75. The van der Waals surface area contributed by atoms with Gasteiger partial charge in [-0.15, -0.1) is 0 Å². The van der Waals surface area contributed by atoms with E-state index in [-0.39, 0.29) is 0 Å². The molecule has 0 aliphatic carbocycles. The molecule has 0 saturated carbocycles. The lowest BCUT2D eigenvalue weighted by atomic mass is 9.88. The third-order valence-corrected chi connectivity index (χ3v) is 4.07. The Kier molecular flexibility index (Phi) is 5.44. The predicted octanol–water partition coefficient (Wildman–Crippen LogP) is 3.39. The summed E-state index contributed by atoms with van der Waals surface area (Å²) in [5.74, 6) is 1.54. The van der Waals surface area contributed by atoms with Crippen molar-refractivity contribution in [1.82, 2.24) is 5.32 Å². The summed E-state index contributed by atoms with van der Waals surface area (Å²) in [5, 5.41) is 3.70. The fourth-order valence-corrected chi connectivity index (χ4v) is 3.13. The maximum atomic E-state index is 5.65. The van der Waals surface area contributed by atoms with Crippen LogP contribution in [0.2, 0.25) is 0 Å². The Morgan fingerprint density at radius 2 is 2.20 bits per heavy atom. The van der Waals surface area contributed by atoms with Gasteiger partial charge in [-0.1, -0.05) is 13.0 Å². The van der Waals surface area contributed by atoms with E-state index in [0.717, 1.165) is 38.3 Å². The van der Waals surface area contributed by atoms with Crippen molar-refractivity contribution in [3.8, 4) is 5.75 Å². The fourth-order valence-electron chi connectivity index (χ4n) is 3.13. The zero-order valence-corrected chi connectivity index (χ0v) is 13.2. The number of ether oxygens (including phenoxy) is 2. The first-order valence-electron chi connectivity index (χ1n) is 7.63. The van der Waals surface area contributed by atoms with Crippen molar-refractivity contribution in [1.29, 1.82) is 0 Å². The van der Waals surface area contributed by atoms with Gasteiger partial charge in [-0.25, -0.2) is 0 Å². The molecule has 1 saturated heterocycles. The number of rotatable bonds is 6. The van der Waals surface area contributed by atoms with Crippen molar-refractivity contribution in [3.63, 3.8) is 0 Å². The fraction of sp³-hybridized carbons (Fsp3) is 0.647. The van der Waals surface area contributed by atoms with E-state index in [4.69, 9.17) is 9.47 Å². The highest BCUT2D eigenvalue weighted by Gasteiger charge is 2.29. The Morgan fingerprint density at radius 1 is 1.40 bits per heavy atom. The smallest absolute Gasteiger partial charge is 0.124 e. The van der Waals surface area contributed by atoms with Crippen molar-refractivity contribution >= 4 is 0 Å². The van der Waals surface area contributed by atoms with Crippen LogP contribution < -0.4 is 10.1 Å². The Labute approximate surface area is 122 Å². The quantitative estimate of drug-likeness (QED) is 0.864. The van der Waals surface area contributed by atoms with Crippen LogP contribution in [-0.2, 0) is 4.74 Å². The lowest BCUT2D eigenvalue weighted by Gasteiger charge is -2.28. The molecule has 1 aromatic carbocycles. The monoisotopic (exact) mass is 277 g/mol. The molecule has 20 heavy (non-hydrogen) atoms. The van der Waals surface area contributed by atoms with Crippen molar-refractivity contribution in [2.75, 3.05) is 26.9 Å². The molecule has 1 aliphatic heterocycles. The van der Waals surface area contributed by atoms with E-state index in [1.54, 1.807) is 7.11 Å². The number of hydrogen-bond donors (Lipinski definition) is 1. The third-order valence-electron chi connectivity index (χ3n) is 4.07. The topological polar surface area (TPSA) is 30.5 Å². The second-order valence-corrected chi connectivity index (χ2v) is 5.75. The molecule has 0 radical (unpaired) electrons. The highest BCUT2D eigenvalue weighted by molar-refractivity contribution is 5.45. The van der Waals surface area contributed by atoms with Gasteiger partial charge < -0.3 is 14.8 Å². The van der Waals surface area contributed by atoms with Crippen LogP contribution in [0.25, 0.3) is 0 Å². The van der Waals surface area contributed by atoms with E-state index >= 15 is 0 Å². The summed E-state index contributed by atoms with van der Waals surface area (Å²) in [6, 6.07) is 4.71. The first-order valence-corrected chi connectivity index (χ1v) is 7.63. The highest BCUT2D eigenvalue weighted by atomic mass is 16.5. The second kappa shape index (κ2) is 7.09. The van der Waals surface area contributed by atoms with Crippen LogP contribution in [0.15, 0.2) is 12.1 Å². The predicted molar refractivity (Wildman–Crippen MR) is 82.4 cm³/mol. The molecular weight excluding hydrogens is 250 g/mol. The lowest BCUT2D eigenvalue weighted by Crippen LogP contribution is -2.30.